The Labute approximate surface area is 116 Å². The van der Waals surface area contributed by atoms with Crippen molar-refractivity contribution in [2.45, 2.75) is 13.3 Å². The number of carbonyl (C=O) groups excluding carboxylic acids is 1. The molecule has 1 aliphatic rings. The van der Waals surface area contributed by atoms with Crippen molar-refractivity contribution in [2.24, 2.45) is 11.0 Å². The van der Waals surface area contributed by atoms with Crippen molar-refractivity contribution in [3.8, 4) is 5.75 Å². The van der Waals surface area contributed by atoms with Crippen molar-refractivity contribution in [2.75, 3.05) is 5.01 Å². The van der Waals surface area contributed by atoms with E-state index in [2.05, 4.69) is 9.84 Å². The van der Waals surface area contributed by atoms with Gasteiger partial charge in [-0.15, -0.1) is 13.2 Å². The number of nitrogens with zero attached hydrogens (tertiary/aromatic N) is 2. The van der Waals surface area contributed by atoms with Crippen LogP contribution in [0.25, 0.3) is 0 Å². The van der Waals surface area contributed by atoms with Gasteiger partial charge in [-0.3, -0.25) is 9.59 Å². The molecule has 0 saturated carbocycles. The van der Waals surface area contributed by atoms with Crippen molar-refractivity contribution >= 4 is 23.3 Å². The van der Waals surface area contributed by atoms with Crippen LogP contribution in [0.1, 0.15) is 6.92 Å². The highest BCUT2D eigenvalue weighted by Crippen LogP contribution is 2.28. The lowest BCUT2D eigenvalue weighted by Gasteiger charge is -2.14. The summed E-state index contributed by atoms with van der Waals surface area (Å²) in [5, 5.41) is 13.6. The summed E-state index contributed by atoms with van der Waals surface area (Å²) in [7, 11) is 0. The van der Waals surface area contributed by atoms with Gasteiger partial charge in [-0.05, 0) is 31.2 Å². The first kappa shape index (κ1) is 14.8. The van der Waals surface area contributed by atoms with Gasteiger partial charge in [0.05, 0.1) is 11.4 Å². The molecule has 9 heteroatoms. The number of hydrazone groups is 1. The molecule has 1 N–H and O–H groups in total. The number of benzene rings is 1. The molecule has 1 aromatic carbocycles. The average molecular weight is 302 g/mol. The number of ether oxygens (including phenoxy) is 1. The van der Waals surface area contributed by atoms with Crippen LogP contribution in [-0.2, 0) is 9.59 Å². The van der Waals surface area contributed by atoms with Crippen molar-refractivity contribution in [1.82, 2.24) is 0 Å². The van der Waals surface area contributed by atoms with Crippen molar-refractivity contribution in [3.05, 3.63) is 24.3 Å². The summed E-state index contributed by atoms with van der Waals surface area (Å²) < 4.78 is 39.8. The van der Waals surface area contributed by atoms with Crippen LogP contribution in [0.2, 0.25) is 0 Å². The second-order valence-electron chi connectivity index (χ2n) is 4.20. The Morgan fingerprint density at radius 1 is 1.33 bits per heavy atom. The minimum atomic E-state index is -4.81. The van der Waals surface area contributed by atoms with E-state index in [9.17, 15) is 22.8 Å². The molecular formula is C12H9F3N2O4. The fourth-order valence-corrected chi connectivity index (χ4v) is 1.82. The zero-order valence-corrected chi connectivity index (χ0v) is 10.6. The van der Waals surface area contributed by atoms with Crippen LogP contribution in [0.5, 0.6) is 5.75 Å². The molecule has 6 nitrogen and oxygen atoms in total. The monoisotopic (exact) mass is 302 g/mol. The highest BCUT2D eigenvalue weighted by atomic mass is 19.4. The first-order chi connectivity index (χ1) is 9.69. The molecule has 1 aromatic rings. The lowest BCUT2D eigenvalue weighted by Crippen LogP contribution is -2.32. The first-order valence-corrected chi connectivity index (χ1v) is 5.67. The fraction of sp³-hybridized carbons (Fsp3) is 0.250. The van der Waals surface area contributed by atoms with Gasteiger partial charge in [-0.2, -0.15) is 10.1 Å². The Morgan fingerprint density at radius 3 is 2.33 bits per heavy atom. The molecule has 0 bridgehead atoms. The van der Waals surface area contributed by atoms with Gasteiger partial charge in [0, 0.05) is 0 Å². The van der Waals surface area contributed by atoms with Crippen LogP contribution in [0.4, 0.5) is 18.9 Å². The smallest absolute Gasteiger partial charge is 0.480 e. The quantitative estimate of drug-likeness (QED) is 0.866. The molecular weight excluding hydrogens is 293 g/mol. The normalized spacial score (nSPS) is 18.7. The number of carboxylic acids is 1. The minimum Gasteiger partial charge on any atom is -0.480 e. The largest absolute Gasteiger partial charge is 0.573 e. The van der Waals surface area contributed by atoms with Gasteiger partial charge in [0.2, 0.25) is 0 Å². The second kappa shape index (κ2) is 5.08. The number of hydrogen-bond acceptors (Lipinski definition) is 4. The molecule has 1 heterocycles. The number of amides is 1. The Bertz CT molecular complexity index is 610. The Kier molecular flexibility index (Phi) is 3.58. The predicted molar refractivity (Wildman–Crippen MR) is 64.8 cm³/mol. The van der Waals surface area contributed by atoms with Gasteiger partial charge in [-0.1, -0.05) is 0 Å². The third-order valence-corrected chi connectivity index (χ3v) is 2.69. The maximum Gasteiger partial charge on any atom is 0.573 e. The van der Waals surface area contributed by atoms with Crippen molar-refractivity contribution in [3.63, 3.8) is 0 Å². The van der Waals surface area contributed by atoms with E-state index < -0.39 is 29.9 Å². The van der Waals surface area contributed by atoms with Crippen LogP contribution in [0.3, 0.4) is 0 Å². The second-order valence-corrected chi connectivity index (χ2v) is 4.20. The van der Waals surface area contributed by atoms with Crippen molar-refractivity contribution < 1.29 is 32.6 Å². The molecule has 0 fully saturated rings. The fourth-order valence-electron chi connectivity index (χ4n) is 1.82. The lowest BCUT2D eigenvalue weighted by molar-refractivity contribution is -0.274. The number of halogens is 3. The third kappa shape index (κ3) is 3.12. The van der Waals surface area contributed by atoms with E-state index >= 15 is 0 Å². The standard InChI is InChI=1S/C12H9F3N2O4/c1-6-9(11(19)20)10(18)17(16-6)7-2-4-8(5-3-7)21-12(13,14)15/h2-5,9H,1H3,(H,19,20). The van der Waals surface area contributed by atoms with Crippen LogP contribution >= 0.6 is 0 Å². The summed E-state index contributed by atoms with van der Waals surface area (Å²) in [4.78, 5) is 22.8. The topological polar surface area (TPSA) is 79.2 Å². The summed E-state index contributed by atoms with van der Waals surface area (Å²) in [6, 6.07) is 4.38. The number of alkyl halides is 3. The zero-order chi connectivity index (χ0) is 15.8. The van der Waals surface area contributed by atoms with E-state index in [0.29, 0.717) is 0 Å². The van der Waals surface area contributed by atoms with Gasteiger partial charge in [0.25, 0.3) is 5.91 Å². The number of carboxylic acid groups (broad SMARTS) is 1. The van der Waals surface area contributed by atoms with E-state index in [0.717, 1.165) is 17.1 Å². The highest BCUT2D eigenvalue weighted by Gasteiger charge is 2.39. The van der Waals surface area contributed by atoms with Crippen molar-refractivity contribution in [1.29, 1.82) is 0 Å². The summed E-state index contributed by atoms with van der Waals surface area (Å²) in [5.74, 6) is -3.94. The molecule has 0 saturated heterocycles. The Hall–Kier alpha value is -2.58. The van der Waals surface area contributed by atoms with E-state index in [4.69, 9.17) is 5.11 Å². The molecule has 1 unspecified atom stereocenters. The van der Waals surface area contributed by atoms with Crippen LogP contribution in [0, 0.1) is 5.92 Å². The van der Waals surface area contributed by atoms with Gasteiger partial charge in [-0.25, -0.2) is 0 Å². The molecule has 0 aromatic heterocycles. The predicted octanol–water partition coefficient (Wildman–Crippen LogP) is 2.01. The van der Waals surface area contributed by atoms with Crippen LogP contribution in [-0.4, -0.2) is 29.1 Å². The number of hydrogen-bond donors (Lipinski definition) is 1. The number of rotatable bonds is 3. The van der Waals surface area contributed by atoms with Crippen LogP contribution in [0.15, 0.2) is 29.4 Å². The van der Waals surface area contributed by atoms with E-state index in [1.807, 2.05) is 0 Å². The van der Waals surface area contributed by atoms with Gasteiger partial charge in [0.1, 0.15) is 5.75 Å². The first-order valence-electron chi connectivity index (χ1n) is 5.67. The molecule has 1 amide bonds. The van der Waals surface area contributed by atoms with E-state index in [1.165, 1.54) is 19.1 Å². The maximum atomic E-state index is 12.0. The summed E-state index contributed by atoms with van der Waals surface area (Å²) >= 11 is 0. The Morgan fingerprint density at radius 2 is 1.90 bits per heavy atom. The minimum absolute atomic E-state index is 0.100. The number of anilines is 1. The van der Waals surface area contributed by atoms with Gasteiger partial charge in [0.15, 0.2) is 5.92 Å². The average Bonchev–Trinajstić information content (AvgIpc) is 2.63. The molecule has 112 valence electrons. The Balaban J connectivity index is 2.21. The highest BCUT2D eigenvalue weighted by molar-refractivity contribution is 6.25. The van der Waals surface area contributed by atoms with Gasteiger partial charge < -0.3 is 9.84 Å². The summed E-state index contributed by atoms with van der Waals surface area (Å²) in [6.07, 6.45) is -4.81. The van der Waals surface area contributed by atoms with E-state index in [-0.39, 0.29) is 11.4 Å². The molecule has 1 aliphatic heterocycles. The lowest BCUT2D eigenvalue weighted by atomic mass is 10.1. The summed E-state index contributed by atoms with van der Waals surface area (Å²) in [6.45, 7) is 1.39. The molecule has 21 heavy (non-hydrogen) atoms. The zero-order valence-electron chi connectivity index (χ0n) is 10.6. The molecule has 0 radical (unpaired) electrons. The molecule has 0 spiro atoms. The number of aliphatic carboxylic acids is 1. The van der Waals surface area contributed by atoms with Crippen LogP contribution < -0.4 is 9.75 Å². The molecule has 1 atom stereocenters. The number of carbonyl (C=O) groups is 2. The SMILES string of the molecule is CC1=NN(c2ccc(OC(F)(F)F)cc2)C(=O)C1C(=O)O. The summed E-state index contributed by atoms with van der Waals surface area (Å²) in [5.41, 5.74) is 0.251. The van der Waals surface area contributed by atoms with Gasteiger partial charge >= 0.3 is 12.3 Å². The third-order valence-electron chi connectivity index (χ3n) is 2.69. The molecule has 2 rings (SSSR count). The molecule has 0 aliphatic carbocycles. The van der Waals surface area contributed by atoms with E-state index in [1.54, 1.807) is 0 Å². The maximum absolute atomic E-state index is 12.0.